The van der Waals surface area contributed by atoms with E-state index in [0.717, 1.165) is 30.6 Å². The molecule has 0 bridgehead atoms. The van der Waals surface area contributed by atoms with Gasteiger partial charge in [-0.15, -0.1) is 0 Å². The first-order chi connectivity index (χ1) is 9.31. The minimum absolute atomic E-state index is 0.145. The summed E-state index contributed by atoms with van der Waals surface area (Å²) in [7, 11) is 0. The summed E-state index contributed by atoms with van der Waals surface area (Å²) in [4.78, 5) is 0. The number of hydrogen-bond donors (Lipinski definition) is 1. The fourth-order valence-corrected chi connectivity index (χ4v) is 2.49. The Bertz CT molecular complexity index is 538. The molecule has 0 spiro atoms. The van der Waals surface area contributed by atoms with Crippen molar-refractivity contribution in [1.82, 2.24) is 15.5 Å². The average Bonchev–Trinajstić information content (AvgIpc) is 2.38. The molecule has 0 aliphatic heterocycles. The van der Waals surface area contributed by atoms with E-state index in [0.29, 0.717) is 12.0 Å². The summed E-state index contributed by atoms with van der Waals surface area (Å²) in [5, 5.41) is 11.3. The molecule has 1 fully saturated rings. The van der Waals surface area contributed by atoms with E-state index in [1.807, 2.05) is 18.2 Å². The topological polar surface area (TPSA) is 37.8 Å². The lowest BCUT2D eigenvalue weighted by atomic mass is 9.76. The van der Waals surface area contributed by atoms with Gasteiger partial charge in [-0.2, -0.15) is 10.2 Å². The molecule has 1 aromatic heterocycles. The van der Waals surface area contributed by atoms with Gasteiger partial charge in [0.2, 0.25) is 0 Å². The lowest BCUT2D eigenvalue weighted by Crippen LogP contribution is -2.39. The van der Waals surface area contributed by atoms with Crippen molar-refractivity contribution in [2.75, 3.05) is 0 Å². The van der Waals surface area contributed by atoms with Gasteiger partial charge in [0.25, 0.3) is 0 Å². The molecule has 3 rings (SSSR count). The van der Waals surface area contributed by atoms with Gasteiger partial charge in [0.1, 0.15) is 5.82 Å². The van der Waals surface area contributed by atoms with Crippen LogP contribution in [0.2, 0.25) is 0 Å². The maximum Gasteiger partial charge on any atom is 0.123 e. The molecule has 0 unspecified atom stereocenters. The summed E-state index contributed by atoms with van der Waals surface area (Å²) in [5.74, 6) is 0.337. The van der Waals surface area contributed by atoms with Gasteiger partial charge >= 0.3 is 0 Å². The Morgan fingerprint density at radius 2 is 2.11 bits per heavy atom. The third-order valence-electron chi connectivity index (χ3n) is 3.66. The van der Waals surface area contributed by atoms with Gasteiger partial charge < -0.3 is 5.32 Å². The van der Waals surface area contributed by atoms with Gasteiger partial charge in [0.15, 0.2) is 0 Å². The Labute approximate surface area is 111 Å². The summed E-state index contributed by atoms with van der Waals surface area (Å²) >= 11 is 0. The van der Waals surface area contributed by atoms with E-state index in [1.165, 1.54) is 6.07 Å². The van der Waals surface area contributed by atoms with Crippen LogP contribution >= 0.6 is 0 Å². The maximum absolute atomic E-state index is 13.1. The molecular formula is C15H16FN3. The number of nitrogens with zero attached hydrogens (tertiary/aromatic N) is 2. The SMILES string of the molecule is Fc1cccc(C2CC(NCc3cccnn3)C2)c1. The van der Waals surface area contributed by atoms with Crippen molar-refractivity contribution in [2.24, 2.45) is 0 Å². The van der Waals surface area contributed by atoms with Crippen molar-refractivity contribution >= 4 is 0 Å². The van der Waals surface area contributed by atoms with Crippen molar-refractivity contribution in [3.05, 3.63) is 59.7 Å². The summed E-state index contributed by atoms with van der Waals surface area (Å²) < 4.78 is 13.1. The number of halogens is 1. The molecule has 0 amide bonds. The highest BCUT2D eigenvalue weighted by atomic mass is 19.1. The summed E-state index contributed by atoms with van der Waals surface area (Å²) in [6.45, 7) is 0.744. The van der Waals surface area contributed by atoms with Crippen LogP contribution in [-0.2, 0) is 6.54 Å². The van der Waals surface area contributed by atoms with Crippen LogP contribution < -0.4 is 5.32 Å². The van der Waals surface area contributed by atoms with E-state index in [9.17, 15) is 4.39 Å². The molecule has 1 aromatic carbocycles. The summed E-state index contributed by atoms with van der Waals surface area (Å²) in [5.41, 5.74) is 2.06. The molecule has 4 heteroatoms. The molecule has 1 aliphatic carbocycles. The predicted octanol–water partition coefficient (Wildman–Crippen LogP) is 2.65. The second-order valence-corrected chi connectivity index (χ2v) is 5.02. The molecule has 0 radical (unpaired) electrons. The fraction of sp³-hybridized carbons (Fsp3) is 0.333. The zero-order valence-corrected chi connectivity index (χ0v) is 10.6. The molecule has 2 aromatic rings. The van der Waals surface area contributed by atoms with Crippen LogP contribution in [0.15, 0.2) is 42.6 Å². The Kier molecular flexibility index (Phi) is 3.51. The first-order valence-corrected chi connectivity index (χ1v) is 6.56. The normalized spacial score (nSPS) is 21.9. The quantitative estimate of drug-likeness (QED) is 0.915. The molecule has 1 aliphatic rings. The summed E-state index contributed by atoms with van der Waals surface area (Å²) in [6, 6.07) is 11.3. The van der Waals surface area contributed by atoms with Gasteiger partial charge in [0.05, 0.1) is 5.69 Å². The molecule has 3 nitrogen and oxygen atoms in total. The van der Waals surface area contributed by atoms with Gasteiger partial charge in [-0.1, -0.05) is 12.1 Å². The van der Waals surface area contributed by atoms with Crippen molar-refractivity contribution < 1.29 is 4.39 Å². The standard InChI is InChI=1S/C15H16FN3/c16-13-4-1-3-11(7-13)12-8-15(9-12)17-10-14-5-2-6-18-19-14/h1-7,12,15,17H,8-10H2. The molecule has 1 N–H and O–H groups in total. The van der Waals surface area contributed by atoms with Crippen LogP contribution in [0.25, 0.3) is 0 Å². The molecular weight excluding hydrogens is 241 g/mol. The highest BCUT2D eigenvalue weighted by molar-refractivity contribution is 5.23. The van der Waals surface area contributed by atoms with Gasteiger partial charge in [0, 0.05) is 18.8 Å². The van der Waals surface area contributed by atoms with Gasteiger partial charge in [-0.25, -0.2) is 4.39 Å². The smallest absolute Gasteiger partial charge is 0.123 e. The van der Waals surface area contributed by atoms with E-state index in [1.54, 1.807) is 18.3 Å². The second-order valence-electron chi connectivity index (χ2n) is 5.02. The number of benzene rings is 1. The third kappa shape index (κ3) is 2.96. The van der Waals surface area contributed by atoms with Crippen molar-refractivity contribution in [3.63, 3.8) is 0 Å². The van der Waals surface area contributed by atoms with Gasteiger partial charge in [-0.05, 0) is 48.6 Å². The number of rotatable bonds is 4. The first-order valence-electron chi connectivity index (χ1n) is 6.56. The van der Waals surface area contributed by atoms with Crippen LogP contribution in [0, 0.1) is 5.82 Å². The molecule has 0 atom stereocenters. The zero-order valence-electron chi connectivity index (χ0n) is 10.6. The predicted molar refractivity (Wildman–Crippen MR) is 71.0 cm³/mol. The van der Waals surface area contributed by atoms with Crippen LogP contribution in [0.3, 0.4) is 0 Å². The third-order valence-corrected chi connectivity index (χ3v) is 3.66. The van der Waals surface area contributed by atoms with E-state index in [-0.39, 0.29) is 5.82 Å². The highest BCUT2D eigenvalue weighted by Gasteiger charge is 2.29. The molecule has 1 heterocycles. The monoisotopic (exact) mass is 257 g/mol. The fourth-order valence-electron chi connectivity index (χ4n) is 2.49. The molecule has 1 saturated carbocycles. The minimum Gasteiger partial charge on any atom is -0.308 e. The van der Waals surface area contributed by atoms with Crippen molar-refractivity contribution in [3.8, 4) is 0 Å². The van der Waals surface area contributed by atoms with Crippen LogP contribution in [0.5, 0.6) is 0 Å². The van der Waals surface area contributed by atoms with Crippen molar-refractivity contribution in [2.45, 2.75) is 31.3 Å². The largest absolute Gasteiger partial charge is 0.308 e. The Morgan fingerprint density at radius 3 is 2.84 bits per heavy atom. The number of hydrogen-bond acceptors (Lipinski definition) is 3. The van der Waals surface area contributed by atoms with Crippen molar-refractivity contribution in [1.29, 1.82) is 0 Å². The Hall–Kier alpha value is -1.81. The van der Waals surface area contributed by atoms with Crippen LogP contribution in [0.4, 0.5) is 4.39 Å². The zero-order chi connectivity index (χ0) is 13.1. The Balaban J connectivity index is 1.48. The molecule has 0 saturated heterocycles. The lowest BCUT2D eigenvalue weighted by molar-refractivity contribution is 0.288. The first kappa shape index (κ1) is 12.2. The van der Waals surface area contributed by atoms with E-state index < -0.39 is 0 Å². The van der Waals surface area contributed by atoms with E-state index in [2.05, 4.69) is 15.5 Å². The van der Waals surface area contributed by atoms with Crippen LogP contribution in [-0.4, -0.2) is 16.2 Å². The number of aromatic nitrogens is 2. The minimum atomic E-state index is -0.145. The maximum atomic E-state index is 13.1. The van der Waals surface area contributed by atoms with Crippen LogP contribution in [0.1, 0.15) is 30.0 Å². The van der Waals surface area contributed by atoms with Gasteiger partial charge in [-0.3, -0.25) is 0 Å². The number of nitrogens with one attached hydrogen (secondary N) is 1. The van der Waals surface area contributed by atoms with E-state index in [4.69, 9.17) is 0 Å². The van der Waals surface area contributed by atoms with E-state index >= 15 is 0 Å². The summed E-state index contributed by atoms with van der Waals surface area (Å²) in [6.07, 6.45) is 3.79. The average molecular weight is 257 g/mol. The highest BCUT2D eigenvalue weighted by Crippen LogP contribution is 2.37. The molecule has 19 heavy (non-hydrogen) atoms. The second kappa shape index (κ2) is 5.45. The lowest BCUT2D eigenvalue weighted by Gasteiger charge is -2.36. The Morgan fingerprint density at radius 1 is 1.21 bits per heavy atom. The molecule has 98 valence electrons.